The average molecular weight is 300 g/mol. The minimum Gasteiger partial charge on any atom is -0.352 e. The maximum absolute atomic E-state index is 12.0. The molecule has 6 nitrogen and oxygen atoms in total. The van der Waals surface area contributed by atoms with Gasteiger partial charge in [0, 0.05) is 24.2 Å². The number of amides is 1. The summed E-state index contributed by atoms with van der Waals surface area (Å²) in [5.74, 6) is 0.197. The van der Waals surface area contributed by atoms with Crippen molar-refractivity contribution in [2.75, 3.05) is 19.6 Å². The van der Waals surface area contributed by atoms with Gasteiger partial charge in [-0.15, -0.1) is 12.4 Å². The van der Waals surface area contributed by atoms with E-state index in [2.05, 4.69) is 10.6 Å². The van der Waals surface area contributed by atoms with Crippen LogP contribution in [0.4, 0.5) is 5.69 Å². The van der Waals surface area contributed by atoms with Crippen LogP contribution >= 0.6 is 12.4 Å². The number of nitro groups is 1. The number of nitrogens with one attached hydrogen (secondary N) is 2. The van der Waals surface area contributed by atoms with Crippen LogP contribution in [-0.4, -0.2) is 30.5 Å². The maximum Gasteiger partial charge on any atom is 0.270 e. The van der Waals surface area contributed by atoms with Crippen LogP contribution in [0.1, 0.15) is 22.3 Å². The molecule has 0 radical (unpaired) electrons. The van der Waals surface area contributed by atoms with Crippen LogP contribution in [0, 0.1) is 23.0 Å². The molecule has 2 rings (SSSR count). The molecule has 1 amide bonds. The van der Waals surface area contributed by atoms with Gasteiger partial charge < -0.3 is 10.6 Å². The second-order valence-electron chi connectivity index (χ2n) is 4.88. The van der Waals surface area contributed by atoms with Crippen LogP contribution in [0.2, 0.25) is 0 Å². The van der Waals surface area contributed by atoms with Gasteiger partial charge in [0.15, 0.2) is 0 Å². The van der Waals surface area contributed by atoms with E-state index in [1.54, 1.807) is 13.0 Å². The second kappa shape index (κ2) is 7.21. The number of nitrogens with zero attached hydrogens (tertiary/aromatic N) is 1. The third-order valence-electron chi connectivity index (χ3n) is 3.25. The lowest BCUT2D eigenvalue weighted by atomic mass is 10.1. The zero-order valence-corrected chi connectivity index (χ0v) is 12.0. The van der Waals surface area contributed by atoms with E-state index in [9.17, 15) is 14.9 Å². The van der Waals surface area contributed by atoms with Gasteiger partial charge >= 0.3 is 0 Å². The predicted molar refractivity (Wildman–Crippen MR) is 78.4 cm³/mol. The Morgan fingerprint density at radius 3 is 2.85 bits per heavy atom. The monoisotopic (exact) mass is 299 g/mol. The molecule has 0 spiro atoms. The van der Waals surface area contributed by atoms with E-state index in [0.717, 1.165) is 19.5 Å². The highest BCUT2D eigenvalue weighted by atomic mass is 35.5. The predicted octanol–water partition coefficient (Wildman–Crippen LogP) is 1.66. The van der Waals surface area contributed by atoms with Crippen LogP contribution in [0.25, 0.3) is 0 Å². The minimum atomic E-state index is -0.481. The van der Waals surface area contributed by atoms with Gasteiger partial charge in [0.25, 0.3) is 11.6 Å². The first-order valence-electron chi connectivity index (χ1n) is 6.31. The summed E-state index contributed by atoms with van der Waals surface area (Å²) in [6.45, 7) is 4.24. The normalized spacial score (nSPS) is 17.4. The summed E-state index contributed by atoms with van der Waals surface area (Å²) >= 11 is 0. The van der Waals surface area contributed by atoms with Crippen molar-refractivity contribution < 1.29 is 9.72 Å². The molecule has 1 aliphatic heterocycles. The van der Waals surface area contributed by atoms with Crippen LogP contribution in [0.5, 0.6) is 0 Å². The Bertz CT molecular complexity index is 502. The fourth-order valence-corrected chi connectivity index (χ4v) is 2.23. The van der Waals surface area contributed by atoms with Crippen molar-refractivity contribution in [3.63, 3.8) is 0 Å². The maximum atomic E-state index is 12.0. The summed E-state index contributed by atoms with van der Waals surface area (Å²) < 4.78 is 0. The number of hydrogen-bond acceptors (Lipinski definition) is 4. The molecule has 0 saturated carbocycles. The third kappa shape index (κ3) is 4.18. The summed E-state index contributed by atoms with van der Waals surface area (Å²) in [6, 6.07) is 4.43. The highest BCUT2D eigenvalue weighted by Crippen LogP contribution is 2.16. The Balaban J connectivity index is 0.00000200. The van der Waals surface area contributed by atoms with Gasteiger partial charge in [-0.05, 0) is 44.0 Å². The molecule has 1 aromatic carbocycles. The first kappa shape index (κ1) is 16.4. The fraction of sp³-hybridized carbons (Fsp3) is 0.462. The van der Waals surface area contributed by atoms with Crippen molar-refractivity contribution in [3.8, 4) is 0 Å². The quantitative estimate of drug-likeness (QED) is 0.654. The summed E-state index contributed by atoms with van der Waals surface area (Å²) in [5.41, 5.74) is 1.01. The second-order valence-corrected chi connectivity index (χ2v) is 4.88. The molecule has 110 valence electrons. The lowest BCUT2D eigenvalue weighted by Gasteiger charge is -2.10. The van der Waals surface area contributed by atoms with Gasteiger partial charge in [0.1, 0.15) is 0 Å². The first-order chi connectivity index (χ1) is 9.06. The molecule has 7 heteroatoms. The van der Waals surface area contributed by atoms with Gasteiger partial charge in [0.05, 0.1) is 4.92 Å². The molecule has 1 aliphatic rings. The van der Waals surface area contributed by atoms with E-state index in [1.165, 1.54) is 12.1 Å². The zero-order valence-electron chi connectivity index (χ0n) is 11.2. The number of carbonyl (C=O) groups is 1. The Kier molecular flexibility index (Phi) is 5.91. The van der Waals surface area contributed by atoms with Gasteiger partial charge in [-0.25, -0.2) is 0 Å². The van der Waals surface area contributed by atoms with Gasteiger partial charge in [-0.3, -0.25) is 14.9 Å². The number of non-ortho nitro benzene ring substituents is 1. The SMILES string of the molecule is Cc1cc(C(=O)NCC2CCNC2)cc([N+](=O)[O-])c1.Cl. The fourth-order valence-electron chi connectivity index (χ4n) is 2.23. The van der Waals surface area contributed by atoms with E-state index in [1.807, 2.05) is 0 Å². The van der Waals surface area contributed by atoms with Crippen LogP contribution in [-0.2, 0) is 0 Å². The molecular weight excluding hydrogens is 282 g/mol. The van der Waals surface area contributed by atoms with Crippen molar-refractivity contribution in [1.29, 1.82) is 0 Å². The highest BCUT2D eigenvalue weighted by Gasteiger charge is 2.17. The van der Waals surface area contributed by atoms with Gasteiger partial charge in [-0.2, -0.15) is 0 Å². The van der Waals surface area contributed by atoms with E-state index in [-0.39, 0.29) is 24.0 Å². The summed E-state index contributed by atoms with van der Waals surface area (Å²) in [7, 11) is 0. The summed E-state index contributed by atoms with van der Waals surface area (Å²) in [4.78, 5) is 22.3. The molecular formula is C13H18ClN3O3. The van der Waals surface area contributed by atoms with E-state index < -0.39 is 4.92 Å². The lowest BCUT2D eigenvalue weighted by molar-refractivity contribution is -0.384. The number of aryl methyl sites for hydroxylation is 1. The lowest BCUT2D eigenvalue weighted by Crippen LogP contribution is -2.30. The van der Waals surface area contributed by atoms with Crippen molar-refractivity contribution in [2.45, 2.75) is 13.3 Å². The molecule has 1 fully saturated rings. The first-order valence-corrected chi connectivity index (χ1v) is 6.31. The van der Waals surface area contributed by atoms with E-state index >= 15 is 0 Å². The Morgan fingerprint density at radius 2 is 2.25 bits per heavy atom. The topological polar surface area (TPSA) is 84.3 Å². The molecule has 20 heavy (non-hydrogen) atoms. The van der Waals surface area contributed by atoms with Crippen LogP contribution in [0.15, 0.2) is 18.2 Å². The molecule has 2 N–H and O–H groups in total. The molecule has 1 saturated heterocycles. The molecule has 0 aromatic heterocycles. The molecule has 0 aliphatic carbocycles. The standard InChI is InChI=1S/C13H17N3O3.ClH/c1-9-4-11(6-12(5-9)16(18)19)13(17)15-8-10-2-3-14-7-10;/h4-6,10,14H,2-3,7-8H2,1H3,(H,15,17);1H. The largest absolute Gasteiger partial charge is 0.352 e. The number of rotatable bonds is 4. The average Bonchev–Trinajstić information content (AvgIpc) is 2.88. The Hall–Kier alpha value is -1.66. The van der Waals surface area contributed by atoms with E-state index in [4.69, 9.17) is 0 Å². The number of halogens is 1. The van der Waals surface area contributed by atoms with Crippen molar-refractivity contribution >= 4 is 24.0 Å². The molecule has 0 bridgehead atoms. The zero-order chi connectivity index (χ0) is 13.8. The number of carbonyl (C=O) groups excluding carboxylic acids is 1. The molecule has 1 unspecified atom stereocenters. The van der Waals surface area contributed by atoms with Crippen molar-refractivity contribution in [3.05, 3.63) is 39.4 Å². The Morgan fingerprint density at radius 1 is 1.50 bits per heavy atom. The van der Waals surface area contributed by atoms with Crippen LogP contribution in [0.3, 0.4) is 0 Å². The van der Waals surface area contributed by atoms with Crippen molar-refractivity contribution in [2.24, 2.45) is 5.92 Å². The minimum absolute atomic E-state index is 0. The molecule has 1 aromatic rings. The smallest absolute Gasteiger partial charge is 0.270 e. The number of benzene rings is 1. The van der Waals surface area contributed by atoms with E-state index in [0.29, 0.717) is 23.6 Å². The molecule has 1 atom stereocenters. The summed E-state index contributed by atoms with van der Waals surface area (Å²) in [6.07, 6.45) is 1.05. The number of nitro benzene ring substituents is 1. The third-order valence-corrected chi connectivity index (χ3v) is 3.25. The molecule has 1 heterocycles. The highest BCUT2D eigenvalue weighted by molar-refractivity contribution is 5.95. The summed E-state index contributed by atoms with van der Waals surface area (Å²) in [5, 5.41) is 16.8. The van der Waals surface area contributed by atoms with Gasteiger partial charge in [-0.1, -0.05) is 0 Å². The Labute approximate surface area is 123 Å². The van der Waals surface area contributed by atoms with Gasteiger partial charge in [0.2, 0.25) is 0 Å². The van der Waals surface area contributed by atoms with Crippen molar-refractivity contribution in [1.82, 2.24) is 10.6 Å². The van der Waals surface area contributed by atoms with Crippen LogP contribution < -0.4 is 10.6 Å². The number of hydrogen-bond donors (Lipinski definition) is 2.